The van der Waals surface area contributed by atoms with E-state index in [0.717, 1.165) is 6.20 Å². The van der Waals surface area contributed by atoms with Gasteiger partial charge in [0.2, 0.25) is 5.91 Å². The molecule has 0 saturated carbocycles. The highest BCUT2D eigenvalue weighted by Gasteiger charge is 2.25. The van der Waals surface area contributed by atoms with Crippen molar-refractivity contribution >= 4 is 23.4 Å². The van der Waals surface area contributed by atoms with Gasteiger partial charge in [-0.1, -0.05) is 32.4 Å². The van der Waals surface area contributed by atoms with Gasteiger partial charge in [0, 0.05) is 11.6 Å². The van der Waals surface area contributed by atoms with Crippen LogP contribution in [0.5, 0.6) is 0 Å². The van der Waals surface area contributed by atoms with Crippen LogP contribution in [-0.4, -0.2) is 21.8 Å². The van der Waals surface area contributed by atoms with Crippen molar-refractivity contribution < 1.29 is 9.59 Å². The van der Waals surface area contributed by atoms with Crippen LogP contribution in [0.4, 0.5) is 0 Å². The zero-order valence-corrected chi connectivity index (χ0v) is 10.4. The van der Waals surface area contributed by atoms with Crippen LogP contribution in [0, 0.1) is 5.41 Å². The highest BCUT2D eigenvalue weighted by molar-refractivity contribution is 6.29. The minimum absolute atomic E-state index is 0.0297. The summed E-state index contributed by atoms with van der Waals surface area (Å²) in [5, 5.41) is 2.06. The molecule has 1 aromatic heterocycles. The first-order valence-corrected chi connectivity index (χ1v) is 5.20. The molecule has 2 N–H and O–H groups in total. The second-order valence-electron chi connectivity index (χ2n) is 4.43. The number of hydrogen-bond donors (Lipinski definition) is 2. The molecule has 0 aliphatic carbocycles. The molecular weight excluding hydrogens is 246 g/mol. The Morgan fingerprint density at radius 3 is 2.53 bits per heavy atom. The molecule has 92 valence electrons. The molecule has 0 radical (unpaired) electrons. The van der Waals surface area contributed by atoms with E-state index in [-0.39, 0.29) is 5.15 Å². The van der Waals surface area contributed by atoms with Crippen LogP contribution in [0.1, 0.15) is 31.3 Å². The normalized spacial score (nSPS) is 11.1. The van der Waals surface area contributed by atoms with Gasteiger partial charge in [0.05, 0.1) is 0 Å². The van der Waals surface area contributed by atoms with Crippen LogP contribution in [0.15, 0.2) is 11.0 Å². The Balaban J connectivity index is 2.95. The lowest BCUT2D eigenvalue weighted by Crippen LogP contribution is -2.41. The van der Waals surface area contributed by atoms with Gasteiger partial charge in [-0.2, -0.15) is 0 Å². The minimum atomic E-state index is -0.867. The number of hydrogen-bond acceptors (Lipinski definition) is 4. The molecule has 0 spiro atoms. The Bertz CT molecular complexity index is 516. The largest absolute Gasteiger partial charge is 0.324 e. The lowest BCUT2D eigenvalue weighted by atomic mass is 9.96. The first-order chi connectivity index (χ1) is 7.71. The molecule has 0 saturated heterocycles. The number of carbonyl (C=O) groups is 2. The average molecular weight is 258 g/mol. The first-order valence-electron chi connectivity index (χ1n) is 4.83. The van der Waals surface area contributed by atoms with E-state index in [4.69, 9.17) is 11.6 Å². The van der Waals surface area contributed by atoms with Crippen molar-refractivity contribution in [1.29, 1.82) is 0 Å². The van der Waals surface area contributed by atoms with Crippen molar-refractivity contribution in [2.24, 2.45) is 5.41 Å². The molecule has 2 amide bonds. The van der Waals surface area contributed by atoms with Crippen LogP contribution >= 0.6 is 11.6 Å². The van der Waals surface area contributed by atoms with E-state index in [1.54, 1.807) is 20.8 Å². The predicted octanol–water partition coefficient (Wildman–Crippen LogP) is 0.726. The Morgan fingerprint density at radius 1 is 1.41 bits per heavy atom. The van der Waals surface area contributed by atoms with Gasteiger partial charge in [-0.3, -0.25) is 19.7 Å². The van der Waals surface area contributed by atoms with E-state index in [1.807, 2.05) is 0 Å². The summed E-state index contributed by atoms with van der Waals surface area (Å²) in [7, 11) is 0. The highest BCUT2D eigenvalue weighted by atomic mass is 35.5. The van der Waals surface area contributed by atoms with Crippen LogP contribution < -0.4 is 10.9 Å². The lowest BCUT2D eigenvalue weighted by molar-refractivity contribution is -0.127. The molecule has 6 nitrogen and oxygen atoms in total. The Kier molecular flexibility index (Phi) is 3.67. The third kappa shape index (κ3) is 3.39. The fourth-order valence-corrected chi connectivity index (χ4v) is 1.03. The number of H-pyrrole nitrogens is 1. The van der Waals surface area contributed by atoms with Crippen molar-refractivity contribution in [3.63, 3.8) is 0 Å². The van der Waals surface area contributed by atoms with Crippen LogP contribution in [0.2, 0.25) is 5.15 Å². The summed E-state index contributed by atoms with van der Waals surface area (Å²) in [6, 6.07) is 0. The second kappa shape index (κ2) is 4.67. The fourth-order valence-electron chi connectivity index (χ4n) is 0.887. The van der Waals surface area contributed by atoms with Gasteiger partial charge >= 0.3 is 0 Å². The zero-order valence-electron chi connectivity index (χ0n) is 9.63. The fraction of sp³-hybridized carbons (Fsp3) is 0.400. The van der Waals surface area contributed by atoms with Crippen molar-refractivity contribution in [2.45, 2.75) is 20.8 Å². The standard InChI is InChI=1S/C10H12ClN3O3/c1-10(2,3)9(17)14-8(16)6-7(15)12-4-5(11)13-6/h4H,1-3H3,(H,12,15)(H,14,16,17). The SMILES string of the molecule is CC(C)(C)C(=O)NC(=O)c1nc(Cl)c[nH]c1=O. The molecule has 0 unspecified atom stereocenters. The van der Waals surface area contributed by atoms with Crippen LogP contribution in [0.25, 0.3) is 0 Å². The average Bonchev–Trinajstić information content (AvgIpc) is 2.20. The predicted molar refractivity (Wildman–Crippen MR) is 61.8 cm³/mol. The Morgan fingerprint density at radius 2 is 2.00 bits per heavy atom. The minimum Gasteiger partial charge on any atom is -0.324 e. The second-order valence-corrected chi connectivity index (χ2v) is 4.82. The van der Waals surface area contributed by atoms with E-state index >= 15 is 0 Å². The van der Waals surface area contributed by atoms with E-state index in [0.29, 0.717) is 0 Å². The summed E-state index contributed by atoms with van der Waals surface area (Å²) >= 11 is 5.54. The van der Waals surface area contributed by atoms with Gasteiger partial charge in [0.25, 0.3) is 11.5 Å². The quantitative estimate of drug-likeness (QED) is 0.776. The summed E-state index contributed by atoms with van der Waals surface area (Å²) in [5.74, 6) is -1.36. The van der Waals surface area contributed by atoms with Gasteiger partial charge in [0.15, 0.2) is 5.69 Å². The maximum Gasteiger partial charge on any atom is 0.282 e. The van der Waals surface area contributed by atoms with Gasteiger partial charge in [0.1, 0.15) is 5.15 Å². The van der Waals surface area contributed by atoms with Crippen molar-refractivity contribution in [3.05, 3.63) is 27.4 Å². The molecular formula is C10H12ClN3O3. The third-order valence-electron chi connectivity index (χ3n) is 1.88. The number of nitrogens with zero attached hydrogens (tertiary/aromatic N) is 1. The summed E-state index contributed by atoms with van der Waals surface area (Å²) in [4.78, 5) is 40.2. The first kappa shape index (κ1) is 13.4. The molecule has 0 aromatic carbocycles. The molecule has 0 bridgehead atoms. The number of halogens is 1. The van der Waals surface area contributed by atoms with E-state index in [1.165, 1.54) is 0 Å². The van der Waals surface area contributed by atoms with Crippen LogP contribution in [-0.2, 0) is 4.79 Å². The molecule has 0 aliphatic heterocycles. The molecule has 7 heteroatoms. The lowest BCUT2D eigenvalue weighted by Gasteiger charge is -2.16. The molecule has 0 fully saturated rings. The maximum absolute atomic E-state index is 11.6. The Hall–Kier alpha value is -1.69. The number of amides is 2. The molecule has 1 heterocycles. The number of aromatic nitrogens is 2. The number of aromatic amines is 1. The van der Waals surface area contributed by atoms with Crippen LogP contribution in [0.3, 0.4) is 0 Å². The molecule has 1 rings (SSSR count). The summed E-state index contributed by atoms with van der Waals surface area (Å²) in [6.07, 6.45) is 1.16. The number of nitrogens with one attached hydrogen (secondary N) is 2. The Labute approximate surface area is 102 Å². The number of rotatable bonds is 1. The number of carbonyl (C=O) groups excluding carboxylic acids is 2. The van der Waals surface area contributed by atoms with E-state index in [9.17, 15) is 14.4 Å². The highest BCUT2D eigenvalue weighted by Crippen LogP contribution is 2.12. The van der Waals surface area contributed by atoms with Crippen molar-refractivity contribution in [1.82, 2.24) is 15.3 Å². The molecule has 17 heavy (non-hydrogen) atoms. The summed E-state index contributed by atoms with van der Waals surface area (Å²) < 4.78 is 0. The van der Waals surface area contributed by atoms with E-state index < -0.39 is 28.5 Å². The molecule has 0 atom stereocenters. The van der Waals surface area contributed by atoms with Gasteiger partial charge in [-0.15, -0.1) is 0 Å². The third-order valence-corrected chi connectivity index (χ3v) is 2.07. The number of imide groups is 1. The van der Waals surface area contributed by atoms with Gasteiger partial charge < -0.3 is 4.98 Å². The topological polar surface area (TPSA) is 91.9 Å². The molecule has 1 aromatic rings. The smallest absolute Gasteiger partial charge is 0.282 e. The summed E-state index contributed by atoms with van der Waals surface area (Å²) in [5.41, 5.74) is -1.87. The van der Waals surface area contributed by atoms with Crippen molar-refractivity contribution in [2.75, 3.05) is 0 Å². The zero-order chi connectivity index (χ0) is 13.2. The summed E-state index contributed by atoms with van der Waals surface area (Å²) in [6.45, 7) is 4.93. The van der Waals surface area contributed by atoms with Gasteiger partial charge in [-0.25, -0.2) is 4.98 Å². The van der Waals surface area contributed by atoms with E-state index in [2.05, 4.69) is 15.3 Å². The van der Waals surface area contributed by atoms with Gasteiger partial charge in [-0.05, 0) is 0 Å². The maximum atomic E-state index is 11.6. The monoisotopic (exact) mass is 257 g/mol. The molecule has 0 aliphatic rings. The van der Waals surface area contributed by atoms with Crippen molar-refractivity contribution in [3.8, 4) is 0 Å².